The van der Waals surface area contributed by atoms with Gasteiger partial charge in [-0.1, -0.05) is 12.1 Å². The summed E-state index contributed by atoms with van der Waals surface area (Å²) in [7, 11) is -2.90. The Morgan fingerprint density at radius 3 is 2.61 bits per heavy atom. The van der Waals surface area contributed by atoms with Crippen molar-refractivity contribution in [3.8, 4) is 5.69 Å². The van der Waals surface area contributed by atoms with Gasteiger partial charge in [0.15, 0.2) is 9.84 Å². The number of sulfone groups is 1. The Morgan fingerprint density at radius 2 is 1.90 bits per heavy atom. The fraction of sp³-hybridized carbons (Fsp3) is 0.429. The van der Waals surface area contributed by atoms with Gasteiger partial charge >= 0.3 is 5.69 Å². The first-order valence-corrected chi connectivity index (χ1v) is 12.3. The van der Waals surface area contributed by atoms with Crippen LogP contribution in [0.25, 0.3) is 16.7 Å². The minimum Gasteiger partial charge on any atom is -0.342 e. The van der Waals surface area contributed by atoms with Crippen LogP contribution in [0.3, 0.4) is 0 Å². The molecule has 4 rings (SSSR count). The molecular weight excluding hydrogens is 416 g/mol. The number of aromatic amines is 1. The van der Waals surface area contributed by atoms with Gasteiger partial charge in [-0.05, 0) is 43.3 Å². The average Bonchev–Trinajstić information content (AvgIpc) is 3.14. The summed E-state index contributed by atoms with van der Waals surface area (Å²) in [5.74, 6) is 0.378. The average molecular weight is 445 g/mol. The molecular formula is C21H28N6O3S. The zero-order chi connectivity index (χ0) is 21.8. The number of hydrogen-bond donors (Lipinski definition) is 3. The molecule has 31 heavy (non-hydrogen) atoms. The van der Waals surface area contributed by atoms with Crippen molar-refractivity contribution in [2.75, 3.05) is 37.7 Å². The number of rotatable bonds is 8. The summed E-state index contributed by atoms with van der Waals surface area (Å²) in [6, 6.07) is 9.78. The Labute approximate surface area is 181 Å². The highest BCUT2D eigenvalue weighted by Crippen LogP contribution is 2.16. The zero-order valence-electron chi connectivity index (χ0n) is 17.4. The molecule has 1 aliphatic rings. The molecule has 3 aromatic rings. The number of nitrogens with one attached hydrogen (secondary N) is 2. The van der Waals surface area contributed by atoms with Crippen molar-refractivity contribution in [3.05, 3.63) is 58.3 Å². The van der Waals surface area contributed by atoms with Crippen molar-refractivity contribution in [1.29, 1.82) is 0 Å². The second-order valence-electron chi connectivity index (χ2n) is 7.91. The van der Waals surface area contributed by atoms with E-state index in [9.17, 15) is 13.2 Å². The van der Waals surface area contributed by atoms with E-state index in [0.717, 1.165) is 41.8 Å². The summed E-state index contributed by atoms with van der Waals surface area (Å²) in [4.78, 5) is 22.0. The third kappa shape index (κ3) is 5.40. The maximum Gasteiger partial charge on any atom is 0.354 e. The molecule has 1 fully saturated rings. The molecule has 9 nitrogen and oxygen atoms in total. The van der Waals surface area contributed by atoms with Crippen LogP contribution in [-0.2, 0) is 22.9 Å². The van der Waals surface area contributed by atoms with Crippen LogP contribution in [0.4, 0.5) is 0 Å². The summed E-state index contributed by atoms with van der Waals surface area (Å²) in [6.07, 6.45) is 2.73. The van der Waals surface area contributed by atoms with Crippen LogP contribution in [-0.4, -0.2) is 65.5 Å². The van der Waals surface area contributed by atoms with Gasteiger partial charge in [-0.3, -0.25) is 9.47 Å². The minimum atomic E-state index is -2.90. The molecule has 10 heteroatoms. The lowest BCUT2D eigenvalue weighted by Crippen LogP contribution is -2.39. The molecule has 2 aromatic heterocycles. The molecule has 1 aromatic carbocycles. The summed E-state index contributed by atoms with van der Waals surface area (Å²) in [5.41, 5.74) is 8.50. The Bertz CT molecular complexity index is 1190. The van der Waals surface area contributed by atoms with Crippen molar-refractivity contribution < 1.29 is 8.42 Å². The van der Waals surface area contributed by atoms with Crippen LogP contribution in [0.5, 0.6) is 0 Å². The fourth-order valence-corrected chi connectivity index (χ4v) is 4.98. The standard InChI is InChI=1S/C21H28N6O3S/c22-6-1-7-23-13-16-2-4-19(5-3-16)27-14-17-12-18(24-20(17)25-21(27)28)15-26-8-10-31(29,30)11-9-26/h2-5,12,14,23H,1,6-11,13,15,22H2,(H,24,25,28). The number of benzene rings is 1. The Kier molecular flexibility index (Phi) is 6.51. The highest BCUT2D eigenvalue weighted by atomic mass is 32.2. The van der Waals surface area contributed by atoms with Crippen LogP contribution in [0, 0.1) is 0 Å². The lowest BCUT2D eigenvalue weighted by molar-refractivity contribution is 0.285. The van der Waals surface area contributed by atoms with E-state index in [2.05, 4.69) is 20.2 Å². The van der Waals surface area contributed by atoms with E-state index < -0.39 is 9.84 Å². The third-order valence-electron chi connectivity index (χ3n) is 5.50. The molecule has 0 atom stereocenters. The second-order valence-corrected chi connectivity index (χ2v) is 10.2. The molecule has 0 radical (unpaired) electrons. The molecule has 0 unspecified atom stereocenters. The van der Waals surface area contributed by atoms with Gasteiger partial charge in [-0.2, -0.15) is 4.98 Å². The van der Waals surface area contributed by atoms with Crippen molar-refractivity contribution in [2.45, 2.75) is 19.5 Å². The molecule has 1 aliphatic heterocycles. The first-order valence-electron chi connectivity index (χ1n) is 10.5. The van der Waals surface area contributed by atoms with Gasteiger partial charge in [0.25, 0.3) is 0 Å². The van der Waals surface area contributed by atoms with Crippen LogP contribution < -0.4 is 16.7 Å². The second kappa shape index (κ2) is 9.31. The maximum absolute atomic E-state index is 12.6. The van der Waals surface area contributed by atoms with Crippen molar-refractivity contribution in [2.24, 2.45) is 5.73 Å². The van der Waals surface area contributed by atoms with Crippen molar-refractivity contribution in [1.82, 2.24) is 24.8 Å². The maximum atomic E-state index is 12.6. The Morgan fingerprint density at radius 1 is 1.16 bits per heavy atom. The van der Waals surface area contributed by atoms with Gasteiger partial charge in [-0.15, -0.1) is 0 Å². The van der Waals surface area contributed by atoms with Gasteiger partial charge in [0.2, 0.25) is 0 Å². The predicted molar refractivity (Wildman–Crippen MR) is 121 cm³/mol. The van der Waals surface area contributed by atoms with E-state index in [1.165, 1.54) is 0 Å². The van der Waals surface area contributed by atoms with Gasteiger partial charge in [0, 0.05) is 43.5 Å². The predicted octanol–water partition coefficient (Wildman–Crippen LogP) is 0.383. The van der Waals surface area contributed by atoms with Gasteiger partial charge in [0.1, 0.15) is 5.65 Å². The summed E-state index contributed by atoms with van der Waals surface area (Å²) in [5, 5.41) is 4.18. The van der Waals surface area contributed by atoms with Crippen molar-refractivity contribution >= 4 is 20.9 Å². The van der Waals surface area contributed by atoms with E-state index in [1.54, 1.807) is 10.8 Å². The molecule has 1 saturated heterocycles. The number of hydrogen-bond acceptors (Lipinski definition) is 7. The number of fused-ring (bicyclic) bond motifs is 1. The first-order chi connectivity index (χ1) is 14.9. The zero-order valence-corrected chi connectivity index (χ0v) is 18.2. The van der Waals surface area contributed by atoms with Crippen molar-refractivity contribution in [3.63, 3.8) is 0 Å². The van der Waals surface area contributed by atoms with Crippen LogP contribution in [0.1, 0.15) is 17.7 Å². The number of H-pyrrole nitrogens is 1. The van der Waals surface area contributed by atoms with Gasteiger partial charge in [0.05, 0.1) is 17.2 Å². The monoisotopic (exact) mass is 444 g/mol. The van der Waals surface area contributed by atoms with E-state index >= 15 is 0 Å². The number of nitrogens with two attached hydrogens (primary N) is 1. The molecule has 3 heterocycles. The third-order valence-corrected chi connectivity index (χ3v) is 7.11. The van der Waals surface area contributed by atoms with E-state index in [1.807, 2.05) is 30.3 Å². The summed E-state index contributed by atoms with van der Waals surface area (Å²) in [6.45, 7) is 3.95. The van der Waals surface area contributed by atoms with Crippen LogP contribution in [0.2, 0.25) is 0 Å². The smallest absolute Gasteiger partial charge is 0.342 e. The highest BCUT2D eigenvalue weighted by Gasteiger charge is 2.22. The van der Waals surface area contributed by atoms with Crippen LogP contribution in [0.15, 0.2) is 41.3 Å². The molecule has 0 amide bonds. The number of aromatic nitrogens is 3. The molecule has 166 valence electrons. The normalized spacial score (nSPS) is 16.7. The summed E-state index contributed by atoms with van der Waals surface area (Å²) < 4.78 is 24.8. The molecule has 0 spiro atoms. The largest absolute Gasteiger partial charge is 0.354 e. The molecule has 0 aliphatic carbocycles. The quantitative estimate of drug-likeness (QED) is 0.429. The van der Waals surface area contributed by atoms with E-state index in [0.29, 0.717) is 31.8 Å². The first kappa shape index (κ1) is 21.7. The lowest BCUT2D eigenvalue weighted by Gasteiger charge is -2.25. The van der Waals surface area contributed by atoms with Gasteiger partial charge in [-0.25, -0.2) is 13.2 Å². The molecule has 0 saturated carbocycles. The van der Waals surface area contributed by atoms with E-state index in [-0.39, 0.29) is 17.2 Å². The minimum absolute atomic E-state index is 0.189. The van der Waals surface area contributed by atoms with E-state index in [4.69, 9.17) is 5.73 Å². The highest BCUT2D eigenvalue weighted by molar-refractivity contribution is 7.91. The SMILES string of the molecule is NCCCNCc1ccc(-n2cc3cc(CN4CCS(=O)(=O)CC4)[nH]c3nc2=O)cc1. The topological polar surface area (TPSA) is 126 Å². The molecule has 4 N–H and O–H groups in total. The number of nitrogens with zero attached hydrogens (tertiary/aromatic N) is 3. The molecule has 0 bridgehead atoms. The summed E-state index contributed by atoms with van der Waals surface area (Å²) >= 11 is 0. The lowest BCUT2D eigenvalue weighted by atomic mass is 10.2. The van der Waals surface area contributed by atoms with Gasteiger partial charge < -0.3 is 16.0 Å². The fourth-order valence-electron chi connectivity index (χ4n) is 3.70. The van der Waals surface area contributed by atoms with Crippen LogP contribution >= 0.6 is 0 Å². The Balaban J connectivity index is 1.48. The Hall–Kier alpha value is -2.53.